The molecule has 3 heteroatoms. The molecule has 0 spiro atoms. The fourth-order valence-electron chi connectivity index (χ4n) is 2.66. The minimum atomic E-state index is -1.23. The highest BCUT2D eigenvalue weighted by molar-refractivity contribution is 6.44. The minimum Gasteiger partial charge on any atom is -0.397 e. The first-order valence-corrected chi connectivity index (χ1v) is 8.19. The molecule has 2 nitrogen and oxygen atoms in total. The number of hydrogen-bond donors (Lipinski definition) is 0. The Morgan fingerprint density at radius 1 is 0.800 bits per heavy atom. The summed E-state index contributed by atoms with van der Waals surface area (Å²) in [5, 5.41) is 5.17. The average molecular weight is 281 g/mol. The van der Waals surface area contributed by atoms with Crippen molar-refractivity contribution in [2.45, 2.75) is 6.04 Å². The predicted molar refractivity (Wildman–Crippen MR) is 84.9 cm³/mol. The first-order valence-electron chi connectivity index (χ1n) is 6.66. The van der Waals surface area contributed by atoms with Gasteiger partial charge in [0, 0.05) is 20.3 Å². The van der Waals surface area contributed by atoms with Crippen LogP contribution in [0.5, 0.6) is 0 Å². The molecular weight excluding hydrogens is 264 g/mol. The summed E-state index contributed by atoms with van der Waals surface area (Å²) >= 11 is 0. The number of benzene rings is 3. The zero-order chi connectivity index (χ0) is 13.9. The molecule has 3 rings (SSSR count). The van der Waals surface area contributed by atoms with Crippen molar-refractivity contribution in [3.63, 3.8) is 0 Å². The smallest absolute Gasteiger partial charge is 0.388 e. The quantitative estimate of drug-likeness (QED) is 0.534. The van der Waals surface area contributed by atoms with Crippen molar-refractivity contribution < 1.29 is 8.85 Å². The van der Waals surface area contributed by atoms with Crippen molar-refractivity contribution in [3.05, 3.63) is 60.2 Å². The fourth-order valence-corrected chi connectivity index (χ4v) is 3.72. The molecule has 0 atom stereocenters. The molecule has 0 fully saturated rings. The van der Waals surface area contributed by atoms with Crippen LogP contribution in [0.1, 0.15) is 5.56 Å². The van der Waals surface area contributed by atoms with E-state index in [0.29, 0.717) is 0 Å². The Hall–Kier alpha value is -1.68. The van der Waals surface area contributed by atoms with Crippen LogP contribution in [0.3, 0.4) is 0 Å². The number of hydrogen-bond acceptors (Lipinski definition) is 2. The van der Waals surface area contributed by atoms with E-state index in [0.717, 1.165) is 6.04 Å². The Labute approximate surface area is 120 Å². The topological polar surface area (TPSA) is 18.5 Å². The number of fused-ring (bicyclic) bond motifs is 3. The summed E-state index contributed by atoms with van der Waals surface area (Å²) < 4.78 is 10.9. The third-order valence-electron chi connectivity index (χ3n) is 3.64. The second-order valence-electron chi connectivity index (χ2n) is 4.76. The van der Waals surface area contributed by atoms with Gasteiger partial charge in [0.15, 0.2) is 0 Å². The molecule has 0 aliphatic heterocycles. The second-order valence-corrected chi connectivity index (χ2v) is 6.67. The van der Waals surface area contributed by atoms with E-state index in [-0.39, 0.29) is 0 Å². The summed E-state index contributed by atoms with van der Waals surface area (Å²) in [5.74, 6) is 0. The van der Waals surface area contributed by atoms with Crippen molar-refractivity contribution in [1.29, 1.82) is 0 Å². The Morgan fingerprint density at radius 3 is 2.10 bits per heavy atom. The summed E-state index contributed by atoms with van der Waals surface area (Å²) in [6.45, 7) is 0. The molecule has 0 unspecified atom stereocenters. The molecule has 20 heavy (non-hydrogen) atoms. The van der Waals surface area contributed by atoms with Gasteiger partial charge < -0.3 is 8.85 Å². The van der Waals surface area contributed by atoms with Crippen molar-refractivity contribution in [1.82, 2.24) is 0 Å². The van der Waals surface area contributed by atoms with Gasteiger partial charge in [-0.2, -0.15) is 0 Å². The van der Waals surface area contributed by atoms with E-state index in [1.807, 2.05) is 0 Å². The predicted octanol–water partition coefficient (Wildman–Crippen LogP) is 3.86. The van der Waals surface area contributed by atoms with Gasteiger partial charge in [-0.3, -0.25) is 0 Å². The summed E-state index contributed by atoms with van der Waals surface area (Å²) in [4.78, 5) is 0. The lowest BCUT2D eigenvalue weighted by Crippen LogP contribution is -2.22. The maximum absolute atomic E-state index is 5.44. The Morgan fingerprint density at radius 2 is 1.40 bits per heavy atom. The Balaban J connectivity index is 2.23. The van der Waals surface area contributed by atoms with Gasteiger partial charge in [0.25, 0.3) is 0 Å². The molecule has 3 aromatic carbocycles. The van der Waals surface area contributed by atoms with Gasteiger partial charge in [-0.25, -0.2) is 0 Å². The maximum atomic E-state index is 5.44. The van der Waals surface area contributed by atoms with Crippen molar-refractivity contribution in [2.24, 2.45) is 0 Å². The van der Waals surface area contributed by atoms with Crippen LogP contribution in [0.2, 0.25) is 0 Å². The molecule has 0 saturated carbocycles. The molecule has 0 aromatic heterocycles. The van der Waals surface area contributed by atoms with Crippen molar-refractivity contribution in [2.75, 3.05) is 14.2 Å². The Kier molecular flexibility index (Phi) is 3.83. The van der Waals surface area contributed by atoms with E-state index in [4.69, 9.17) is 8.85 Å². The van der Waals surface area contributed by atoms with Crippen molar-refractivity contribution in [3.8, 4) is 0 Å². The lowest BCUT2D eigenvalue weighted by Gasteiger charge is -2.13. The largest absolute Gasteiger partial charge is 0.397 e. The molecule has 3 aromatic rings. The molecule has 0 saturated heterocycles. The van der Waals surface area contributed by atoms with Gasteiger partial charge in [0.1, 0.15) is 0 Å². The molecule has 0 bridgehead atoms. The third kappa shape index (κ3) is 2.36. The highest BCUT2D eigenvalue weighted by Crippen LogP contribution is 2.29. The van der Waals surface area contributed by atoms with Crippen LogP contribution >= 0.6 is 0 Å². The lowest BCUT2D eigenvalue weighted by molar-refractivity contribution is 0.277. The van der Waals surface area contributed by atoms with E-state index < -0.39 is 9.28 Å². The van der Waals surface area contributed by atoms with Crippen molar-refractivity contribution >= 4 is 30.8 Å². The van der Waals surface area contributed by atoms with Gasteiger partial charge in [-0.05, 0) is 27.1 Å². The average Bonchev–Trinajstić information content (AvgIpc) is 2.52. The summed E-state index contributed by atoms with van der Waals surface area (Å²) in [6, 6.07) is 20.2. The van der Waals surface area contributed by atoms with Gasteiger partial charge in [0.05, 0.1) is 0 Å². The van der Waals surface area contributed by atoms with E-state index in [1.165, 1.54) is 27.1 Å². The monoisotopic (exact) mass is 281 g/mol. The molecule has 0 aliphatic carbocycles. The van der Waals surface area contributed by atoms with Crippen LogP contribution in [0.25, 0.3) is 21.5 Å². The van der Waals surface area contributed by atoms with Gasteiger partial charge in [-0.1, -0.05) is 54.6 Å². The highest BCUT2D eigenvalue weighted by Gasteiger charge is 2.16. The van der Waals surface area contributed by atoms with Crippen LogP contribution < -0.4 is 0 Å². The molecule has 0 heterocycles. The first-order chi connectivity index (χ1) is 9.83. The second kappa shape index (κ2) is 5.75. The van der Waals surface area contributed by atoms with Gasteiger partial charge in [0.2, 0.25) is 0 Å². The zero-order valence-electron chi connectivity index (χ0n) is 11.7. The standard InChI is InChI=1S/C17H17O2Si/c1-18-20(19-2)12-14-11-13-7-3-4-8-15(13)17-10-6-5-9-16(14)17/h3-11H,12H2,1-2H3. The maximum Gasteiger partial charge on any atom is 0.388 e. The Bertz CT molecular complexity index is 735. The highest BCUT2D eigenvalue weighted by atomic mass is 28.3. The molecular formula is C17H17O2Si. The molecule has 1 radical (unpaired) electrons. The molecule has 0 amide bonds. The molecule has 0 aliphatic rings. The summed E-state index contributed by atoms with van der Waals surface area (Å²) in [6.07, 6.45) is 0. The molecule has 0 N–H and O–H groups in total. The SMILES string of the molecule is CO[Si](Cc1cc2ccccc2c2ccccc12)OC. The third-order valence-corrected chi connectivity index (χ3v) is 5.22. The van der Waals surface area contributed by atoms with Gasteiger partial charge in [-0.15, -0.1) is 0 Å². The normalized spacial score (nSPS) is 11.6. The van der Waals surface area contributed by atoms with E-state index in [9.17, 15) is 0 Å². The summed E-state index contributed by atoms with van der Waals surface area (Å²) in [5.41, 5.74) is 1.30. The first kappa shape index (κ1) is 13.3. The van der Waals surface area contributed by atoms with Crippen LogP contribution in [0.15, 0.2) is 54.6 Å². The van der Waals surface area contributed by atoms with E-state index in [2.05, 4.69) is 54.6 Å². The lowest BCUT2D eigenvalue weighted by atomic mass is 9.98. The van der Waals surface area contributed by atoms with E-state index in [1.54, 1.807) is 14.2 Å². The summed E-state index contributed by atoms with van der Waals surface area (Å²) in [7, 11) is 2.21. The fraction of sp³-hybridized carbons (Fsp3) is 0.176. The van der Waals surface area contributed by atoms with Crippen LogP contribution in [-0.4, -0.2) is 23.5 Å². The van der Waals surface area contributed by atoms with E-state index >= 15 is 0 Å². The van der Waals surface area contributed by atoms with Crippen LogP contribution in [0.4, 0.5) is 0 Å². The van der Waals surface area contributed by atoms with Crippen LogP contribution in [-0.2, 0) is 14.9 Å². The minimum absolute atomic E-state index is 0.850. The van der Waals surface area contributed by atoms with Gasteiger partial charge >= 0.3 is 9.28 Å². The zero-order valence-corrected chi connectivity index (χ0v) is 12.7. The molecule has 101 valence electrons. The number of rotatable bonds is 4. The van der Waals surface area contributed by atoms with Crippen LogP contribution in [0, 0.1) is 0 Å².